The highest BCUT2D eigenvalue weighted by Gasteiger charge is 2.25. The number of amides is 1. The Morgan fingerprint density at radius 3 is 2.44 bits per heavy atom. The molecule has 2 N–H and O–H groups in total. The van der Waals surface area contributed by atoms with Crippen LogP contribution in [0.15, 0.2) is 0 Å². The maximum atomic E-state index is 12.6. The van der Waals surface area contributed by atoms with Gasteiger partial charge in [0.1, 0.15) is 5.69 Å². The van der Waals surface area contributed by atoms with Crippen LogP contribution in [-0.4, -0.2) is 54.5 Å². The molecule has 6 heteroatoms. The topological polar surface area (TPSA) is 74.4 Å². The Morgan fingerprint density at radius 2 is 1.88 bits per heavy atom. The minimum absolute atomic E-state index is 0.0367. The largest absolute Gasteiger partial charge is 0.465 e. The van der Waals surface area contributed by atoms with Crippen molar-refractivity contribution in [3.05, 3.63) is 22.5 Å². The van der Waals surface area contributed by atoms with Gasteiger partial charge in [-0.25, -0.2) is 4.79 Å². The van der Waals surface area contributed by atoms with E-state index >= 15 is 0 Å². The molecule has 6 nitrogen and oxygen atoms in total. The maximum absolute atomic E-state index is 12.6. The minimum Gasteiger partial charge on any atom is -0.465 e. The molecule has 1 aromatic heterocycles. The van der Waals surface area contributed by atoms with Gasteiger partial charge in [0, 0.05) is 31.4 Å². The number of hydrogen-bond acceptors (Lipinski definition) is 4. The zero-order valence-corrected chi connectivity index (χ0v) is 16.2. The van der Waals surface area contributed by atoms with E-state index in [4.69, 9.17) is 4.74 Å². The highest BCUT2D eigenvalue weighted by Crippen LogP contribution is 2.21. The number of nitrogens with zero attached hydrogens (tertiary/aromatic N) is 1. The van der Waals surface area contributed by atoms with E-state index in [1.54, 1.807) is 13.8 Å². The van der Waals surface area contributed by atoms with Gasteiger partial charge < -0.3 is 19.9 Å². The summed E-state index contributed by atoms with van der Waals surface area (Å²) in [4.78, 5) is 29.9. The second-order valence-corrected chi connectivity index (χ2v) is 7.66. The molecule has 0 spiro atoms. The van der Waals surface area contributed by atoms with Crippen LogP contribution < -0.4 is 5.32 Å². The fraction of sp³-hybridized carbons (Fsp3) is 0.684. The van der Waals surface area contributed by atoms with Crippen LogP contribution in [0.4, 0.5) is 0 Å². The predicted octanol–water partition coefficient (Wildman–Crippen LogP) is 2.51. The molecule has 3 atom stereocenters. The summed E-state index contributed by atoms with van der Waals surface area (Å²) in [6.45, 7) is 13.1. The molecule has 1 aromatic rings. The van der Waals surface area contributed by atoms with Crippen LogP contribution in [0.25, 0.3) is 0 Å². The van der Waals surface area contributed by atoms with Crippen molar-refractivity contribution >= 4 is 11.9 Å². The number of hydrogen-bond donors (Lipinski definition) is 2. The number of rotatable bonds is 5. The van der Waals surface area contributed by atoms with Crippen molar-refractivity contribution in [2.45, 2.75) is 47.1 Å². The van der Waals surface area contributed by atoms with E-state index in [1.807, 2.05) is 6.92 Å². The average Bonchev–Trinajstić information content (AvgIpc) is 2.80. The number of likely N-dealkylation sites (tertiary alicyclic amines) is 1. The molecule has 1 aliphatic rings. The number of aromatic amines is 1. The Kier molecular flexibility index (Phi) is 6.27. The number of aromatic nitrogens is 1. The van der Waals surface area contributed by atoms with Gasteiger partial charge in [-0.1, -0.05) is 13.8 Å². The van der Waals surface area contributed by atoms with E-state index in [-0.39, 0.29) is 11.9 Å². The van der Waals surface area contributed by atoms with Crippen molar-refractivity contribution in [2.24, 2.45) is 11.8 Å². The molecule has 0 radical (unpaired) electrons. The number of piperidine rings is 1. The highest BCUT2D eigenvalue weighted by molar-refractivity contribution is 6.00. The molecule has 2 heterocycles. The van der Waals surface area contributed by atoms with Crippen LogP contribution in [0.5, 0.6) is 0 Å². The summed E-state index contributed by atoms with van der Waals surface area (Å²) >= 11 is 0. The lowest BCUT2D eigenvalue weighted by atomic mass is 9.92. The second kappa shape index (κ2) is 8.04. The molecule has 0 saturated carbocycles. The zero-order valence-electron chi connectivity index (χ0n) is 16.2. The van der Waals surface area contributed by atoms with Crippen molar-refractivity contribution in [1.82, 2.24) is 15.2 Å². The third kappa shape index (κ3) is 4.63. The molecule has 1 aliphatic heterocycles. The molecule has 0 aliphatic carbocycles. The number of carbonyl (C=O) groups excluding carboxylic acids is 2. The Balaban J connectivity index is 2.01. The third-order valence-corrected chi connectivity index (χ3v) is 4.91. The first kappa shape index (κ1) is 19.5. The summed E-state index contributed by atoms with van der Waals surface area (Å²) in [5.74, 6) is 0.793. The van der Waals surface area contributed by atoms with Gasteiger partial charge in [0.05, 0.1) is 12.7 Å². The normalized spacial score (nSPS) is 22.5. The molecule has 0 unspecified atom stereocenters. The first-order valence-corrected chi connectivity index (χ1v) is 9.03. The van der Waals surface area contributed by atoms with Gasteiger partial charge in [0.2, 0.25) is 0 Å². The number of carbonyl (C=O) groups is 2. The summed E-state index contributed by atoms with van der Waals surface area (Å²) in [5, 5.41) is 3.05. The molecule has 1 amide bonds. The van der Waals surface area contributed by atoms with E-state index in [2.05, 4.69) is 29.0 Å². The van der Waals surface area contributed by atoms with E-state index < -0.39 is 5.97 Å². The van der Waals surface area contributed by atoms with E-state index in [0.717, 1.165) is 19.6 Å². The molecule has 0 aromatic carbocycles. The predicted molar refractivity (Wildman–Crippen MR) is 97.9 cm³/mol. The fourth-order valence-electron chi connectivity index (χ4n) is 4.06. The number of nitrogens with one attached hydrogen (secondary N) is 2. The van der Waals surface area contributed by atoms with E-state index in [1.165, 1.54) is 13.5 Å². The molecule has 0 bridgehead atoms. The van der Waals surface area contributed by atoms with Crippen molar-refractivity contribution in [2.75, 3.05) is 26.7 Å². The van der Waals surface area contributed by atoms with Gasteiger partial charge in [-0.3, -0.25) is 4.79 Å². The lowest BCUT2D eigenvalue weighted by Gasteiger charge is -2.36. The second-order valence-electron chi connectivity index (χ2n) is 7.66. The lowest BCUT2D eigenvalue weighted by Crippen LogP contribution is -2.47. The van der Waals surface area contributed by atoms with Gasteiger partial charge >= 0.3 is 5.97 Å². The van der Waals surface area contributed by atoms with Crippen LogP contribution in [0, 0.1) is 25.7 Å². The Hall–Kier alpha value is -1.82. The van der Waals surface area contributed by atoms with E-state index in [9.17, 15) is 9.59 Å². The number of H-pyrrole nitrogens is 1. The van der Waals surface area contributed by atoms with Crippen LogP contribution in [-0.2, 0) is 4.74 Å². The first-order chi connectivity index (χ1) is 11.7. The minimum atomic E-state index is -0.422. The first-order valence-electron chi connectivity index (χ1n) is 9.03. The van der Waals surface area contributed by atoms with Crippen LogP contribution in [0.3, 0.4) is 0 Å². The maximum Gasteiger partial charge on any atom is 0.339 e. The van der Waals surface area contributed by atoms with Gasteiger partial charge in [0.25, 0.3) is 5.91 Å². The lowest BCUT2D eigenvalue weighted by molar-refractivity contribution is 0.0599. The Morgan fingerprint density at radius 1 is 1.28 bits per heavy atom. The summed E-state index contributed by atoms with van der Waals surface area (Å²) in [6, 6.07) is 0.0367. The molecule has 140 valence electrons. The molecule has 1 fully saturated rings. The Bertz CT molecular complexity index is 628. The average molecular weight is 349 g/mol. The van der Waals surface area contributed by atoms with Crippen LogP contribution in [0.2, 0.25) is 0 Å². The molecule has 2 rings (SSSR count). The molecular formula is C19H31N3O3. The summed E-state index contributed by atoms with van der Waals surface area (Å²) in [5.41, 5.74) is 2.17. The van der Waals surface area contributed by atoms with Gasteiger partial charge in [-0.15, -0.1) is 0 Å². The smallest absolute Gasteiger partial charge is 0.339 e. The van der Waals surface area contributed by atoms with Gasteiger partial charge in [-0.05, 0) is 44.6 Å². The zero-order chi connectivity index (χ0) is 18.7. The monoisotopic (exact) mass is 349 g/mol. The highest BCUT2D eigenvalue weighted by atomic mass is 16.5. The van der Waals surface area contributed by atoms with Crippen molar-refractivity contribution in [3.63, 3.8) is 0 Å². The fourth-order valence-corrected chi connectivity index (χ4v) is 4.06. The molecule has 1 saturated heterocycles. The van der Waals surface area contributed by atoms with Crippen LogP contribution >= 0.6 is 0 Å². The molecular weight excluding hydrogens is 318 g/mol. The number of aryl methyl sites for hydroxylation is 1. The summed E-state index contributed by atoms with van der Waals surface area (Å²) in [6.07, 6.45) is 1.27. The SMILES string of the molecule is COC(=O)c1c(C)[nH]c(C(=O)N[C@H](C)CN2C[C@H](C)C[C@@H](C)C2)c1C. The number of methoxy groups -OCH3 is 1. The summed E-state index contributed by atoms with van der Waals surface area (Å²) < 4.78 is 4.80. The van der Waals surface area contributed by atoms with Gasteiger partial charge in [0.15, 0.2) is 0 Å². The van der Waals surface area contributed by atoms with Crippen molar-refractivity contribution in [3.8, 4) is 0 Å². The number of ether oxygens (including phenoxy) is 1. The van der Waals surface area contributed by atoms with Crippen molar-refractivity contribution in [1.29, 1.82) is 0 Å². The quantitative estimate of drug-likeness (QED) is 0.801. The van der Waals surface area contributed by atoms with Crippen molar-refractivity contribution < 1.29 is 14.3 Å². The molecule has 25 heavy (non-hydrogen) atoms. The Labute approximate surface area is 150 Å². The number of esters is 1. The summed E-state index contributed by atoms with van der Waals surface area (Å²) in [7, 11) is 1.34. The standard InChI is InChI=1S/C19H31N3O3/c1-11-7-12(2)9-22(8-11)10-13(3)20-18(23)17-14(4)16(15(5)21-17)19(24)25-6/h11-13,21H,7-10H2,1-6H3,(H,20,23)/t11-,12-,13-/m1/s1. The third-order valence-electron chi connectivity index (χ3n) is 4.91. The van der Waals surface area contributed by atoms with Crippen LogP contribution in [0.1, 0.15) is 59.3 Å². The van der Waals surface area contributed by atoms with Gasteiger partial charge in [-0.2, -0.15) is 0 Å². The van der Waals surface area contributed by atoms with E-state index in [0.29, 0.717) is 34.4 Å².